The SMILES string of the molecule is CC(C)OCCCCNS(=O)(=O)c1cnc(N)nc1. The van der Waals surface area contributed by atoms with Crippen molar-refractivity contribution in [3.63, 3.8) is 0 Å². The highest BCUT2D eigenvalue weighted by Gasteiger charge is 2.13. The van der Waals surface area contributed by atoms with E-state index in [2.05, 4.69) is 14.7 Å². The zero-order valence-electron chi connectivity index (χ0n) is 11.2. The highest BCUT2D eigenvalue weighted by atomic mass is 32.2. The Morgan fingerprint density at radius 2 is 1.95 bits per heavy atom. The van der Waals surface area contributed by atoms with E-state index in [9.17, 15) is 8.42 Å². The average molecular weight is 288 g/mol. The Balaban J connectivity index is 2.33. The number of ether oxygens (including phenoxy) is 1. The molecule has 7 nitrogen and oxygen atoms in total. The number of unbranched alkanes of at least 4 members (excludes halogenated alkanes) is 1. The first kappa shape index (κ1) is 15.8. The first-order chi connectivity index (χ1) is 8.92. The maximum absolute atomic E-state index is 11.8. The van der Waals surface area contributed by atoms with Crippen LogP contribution in [0.15, 0.2) is 17.3 Å². The van der Waals surface area contributed by atoms with Gasteiger partial charge in [-0.05, 0) is 26.7 Å². The zero-order valence-corrected chi connectivity index (χ0v) is 12.0. The number of nitrogens with zero attached hydrogens (tertiary/aromatic N) is 2. The number of rotatable bonds is 8. The standard InChI is InChI=1S/C11H20N4O3S/c1-9(2)18-6-4-3-5-15-19(16,17)10-7-13-11(12)14-8-10/h7-9,15H,3-6H2,1-2H3,(H2,12,13,14). The van der Waals surface area contributed by atoms with E-state index in [1.165, 1.54) is 12.4 Å². The lowest BCUT2D eigenvalue weighted by molar-refractivity contribution is 0.0762. The lowest BCUT2D eigenvalue weighted by Crippen LogP contribution is -2.25. The Labute approximate surface area is 113 Å². The van der Waals surface area contributed by atoms with Crippen molar-refractivity contribution in [1.29, 1.82) is 0 Å². The average Bonchev–Trinajstić information content (AvgIpc) is 2.34. The summed E-state index contributed by atoms with van der Waals surface area (Å²) >= 11 is 0. The topological polar surface area (TPSA) is 107 Å². The van der Waals surface area contributed by atoms with Gasteiger partial charge in [0.15, 0.2) is 0 Å². The van der Waals surface area contributed by atoms with Gasteiger partial charge in [-0.15, -0.1) is 0 Å². The molecule has 1 aromatic heterocycles. The summed E-state index contributed by atoms with van der Waals surface area (Å²) in [7, 11) is -3.55. The third-order valence-electron chi connectivity index (χ3n) is 2.27. The Hall–Kier alpha value is -1.25. The van der Waals surface area contributed by atoms with Gasteiger partial charge in [-0.1, -0.05) is 0 Å². The van der Waals surface area contributed by atoms with Crippen LogP contribution in [0.4, 0.5) is 5.95 Å². The molecule has 0 aromatic carbocycles. The monoisotopic (exact) mass is 288 g/mol. The number of hydrogen-bond donors (Lipinski definition) is 2. The largest absolute Gasteiger partial charge is 0.379 e. The molecular formula is C11H20N4O3S. The highest BCUT2D eigenvalue weighted by molar-refractivity contribution is 7.89. The summed E-state index contributed by atoms with van der Waals surface area (Å²) in [5.74, 6) is 0.0461. The highest BCUT2D eigenvalue weighted by Crippen LogP contribution is 2.05. The number of hydrogen-bond acceptors (Lipinski definition) is 6. The number of nitrogen functional groups attached to an aromatic ring is 1. The van der Waals surface area contributed by atoms with Crippen molar-refractivity contribution in [2.45, 2.75) is 37.7 Å². The van der Waals surface area contributed by atoms with E-state index in [1.54, 1.807) is 0 Å². The number of nitrogens with two attached hydrogens (primary N) is 1. The van der Waals surface area contributed by atoms with Gasteiger partial charge in [-0.3, -0.25) is 0 Å². The maximum Gasteiger partial charge on any atom is 0.243 e. The summed E-state index contributed by atoms with van der Waals surface area (Å²) in [5.41, 5.74) is 5.30. The van der Waals surface area contributed by atoms with E-state index in [4.69, 9.17) is 10.5 Å². The summed E-state index contributed by atoms with van der Waals surface area (Å²) in [6.07, 6.45) is 4.09. The molecule has 0 aliphatic rings. The van der Waals surface area contributed by atoms with Gasteiger partial charge in [0.25, 0.3) is 0 Å². The van der Waals surface area contributed by atoms with Gasteiger partial charge >= 0.3 is 0 Å². The molecule has 0 atom stereocenters. The second-order valence-corrected chi connectivity index (χ2v) is 6.07. The molecule has 1 heterocycles. The van der Waals surface area contributed by atoms with Gasteiger partial charge < -0.3 is 10.5 Å². The maximum atomic E-state index is 11.8. The van der Waals surface area contributed by atoms with E-state index in [0.717, 1.165) is 6.42 Å². The van der Waals surface area contributed by atoms with Crippen molar-refractivity contribution < 1.29 is 13.2 Å². The molecule has 0 spiro atoms. The summed E-state index contributed by atoms with van der Waals surface area (Å²) in [6, 6.07) is 0. The molecule has 0 unspecified atom stereocenters. The minimum Gasteiger partial charge on any atom is -0.379 e. The summed E-state index contributed by atoms with van der Waals surface area (Å²) < 4.78 is 31.5. The molecule has 0 saturated heterocycles. The molecule has 3 N–H and O–H groups in total. The number of sulfonamides is 1. The van der Waals surface area contributed by atoms with E-state index >= 15 is 0 Å². The molecule has 108 valence electrons. The minimum atomic E-state index is -3.55. The van der Waals surface area contributed by atoms with Crippen LogP contribution in [0.2, 0.25) is 0 Å². The van der Waals surface area contributed by atoms with Gasteiger partial charge in [0.2, 0.25) is 16.0 Å². The van der Waals surface area contributed by atoms with Crippen LogP contribution < -0.4 is 10.5 Å². The van der Waals surface area contributed by atoms with Crippen molar-refractivity contribution in [3.05, 3.63) is 12.4 Å². The van der Waals surface area contributed by atoms with Gasteiger partial charge in [-0.2, -0.15) is 0 Å². The fraction of sp³-hybridized carbons (Fsp3) is 0.636. The molecule has 0 bridgehead atoms. The molecule has 0 aliphatic carbocycles. The second kappa shape index (κ2) is 7.37. The van der Waals surface area contributed by atoms with Crippen molar-refractivity contribution in [1.82, 2.24) is 14.7 Å². The lowest BCUT2D eigenvalue weighted by Gasteiger charge is -2.08. The Kier molecular flexibility index (Phi) is 6.13. The van der Waals surface area contributed by atoms with E-state index in [1.807, 2.05) is 13.8 Å². The van der Waals surface area contributed by atoms with Gasteiger partial charge in [0, 0.05) is 13.2 Å². The third-order valence-corrected chi connectivity index (χ3v) is 3.69. The van der Waals surface area contributed by atoms with Gasteiger partial charge in [-0.25, -0.2) is 23.1 Å². The predicted molar refractivity (Wildman–Crippen MR) is 72.0 cm³/mol. The molecule has 0 radical (unpaired) electrons. The molecule has 19 heavy (non-hydrogen) atoms. The lowest BCUT2D eigenvalue weighted by atomic mass is 10.3. The Bertz CT molecular complexity index is 473. The van der Waals surface area contributed by atoms with Crippen LogP contribution in [-0.2, 0) is 14.8 Å². The van der Waals surface area contributed by atoms with Crippen molar-refractivity contribution in [2.24, 2.45) is 0 Å². The van der Waals surface area contributed by atoms with E-state index < -0.39 is 10.0 Å². The molecule has 0 fully saturated rings. The Morgan fingerprint density at radius 3 is 2.53 bits per heavy atom. The quantitative estimate of drug-likeness (QED) is 0.676. The smallest absolute Gasteiger partial charge is 0.243 e. The first-order valence-corrected chi connectivity index (χ1v) is 7.59. The Morgan fingerprint density at radius 1 is 1.32 bits per heavy atom. The molecule has 0 saturated carbocycles. The van der Waals surface area contributed by atoms with Gasteiger partial charge in [0.1, 0.15) is 4.90 Å². The molecule has 1 rings (SSSR count). The number of anilines is 1. The summed E-state index contributed by atoms with van der Waals surface area (Å²) in [5, 5.41) is 0. The minimum absolute atomic E-state index is 0.0140. The second-order valence-electron chi connectivity index (χ2n) is 4.30. The fourth-order valence-electron chi connectivity index (χ4n) is 1.30. The van der Waals surface area contributed by atoms with Crippen LogP contribution in [-0.4, -0.2) is 37.6 Å². The van der Waals surface area contributed by atoms with Crippen molar-refractivity contribution >= 4 is 16.0 Å². The summed E-state index contributed by atoms with van der Waals surface area (Å²) in [6.45, 7) is 4.91. The zero-order chi connectivity index (χ0) is 14.3. The van der Waals surface area contributed by atoms with E-state index in [-0.39, 0.29) is 16.9 Å². The summed E-state index contributed by atoms with van der Waals surface area (Å²) in [4.78, 5) is 7.31. The predicted octanol–water partition coefficient (Wildman–Crippen LogP) is 0.542. The van der Waals surface area contributed by atoms with E-state index in [0.29, 0.717) is 19.6 Å². The van der Waals surface area contributed by atoms with Crippen LogP contribution in [0.5, 0.6) is 0 Å². The first-order valence-electron chi connectivity index (χ1n) is 6.10. The van der Waals surface area contributed by atoms with Crippen molar-refractivity contribution in [2.75, 3.05) is 18.9 Å². The molecule has 0 aliphatic heterocycles. The van der Waals surface area contributed by atoms with Crippen LogP contribution in [0.3, 0.4) is 0 Å². The number of nitrogens with one attached hydrogen (secondary N) is 1. The molecule has 1 aromatic rings. The fourth-order valence-corrected chi connectivity index (χ4v) is 2.26. The normalized spacial score (nSPS) is 11.9. The third kappa shape index (κ3) is 5.95. The van der Waals surface area contributed by atoms with Gasteiger partial charge in [0.05, 0.1) is 18.5 Å². The van der Waals surface area contributed by atoms with Crippen LogP contribution in [0, 0.1) is 0 Å². The number of aromatic nitrogens is 2. The van der Waals surface area contributed by atoms with Crippen LogP contribution >= 0.6 is 0 Å². The molecule has 8 heteroatoms. The molecule has 0 amide bonds. The van der Waals surface area contributed by atoms with Crippen molar-refractivity contribution in [3.8, 4) is 0 Å². The van der Waals surface area contributed by atoms with Crippen LogP contribution in [0.25, 0.3) is 0 Å². The van der Waals surface area contributed by atoms with Crippen LogP contribution in [0.1, 0.15) is 26.7 Å². The molecular weight excluding hydrogens is 268 g/mol.